The maximum Gasteiger partial charge on any atom is 0.243 e. The molecular weight excluding hydrogens is 528 g/mol. The van der Waals surface area contributed by atoms with Gasteiger partial charge >= 0.3 is 0 Å². The second kappa shape index (κ2) is 9.67. The van der Waals surface area contributed by atoms with Crippen molar-refractivity contribution in [1.82, 2.24) is 24.1 Å². The zero-order valence-electron chi connectivity index (χ0n) is 19.7. The number of benzene rings is 2. The van der Waals surface area contributed by atoms with Crippen LogP contribution in [0.2, 0.25) is 0 Å². The van der Waals surface area contributed by atoms with Crippen LogP contribution in [0.3, 0.4) is 0 Å². The smallest absolute Gasteiger partial charge is 0.243 e. The standard InChI is InChI=1S/C25H27BrN6O2S/c1-3-7-22-27-24(23-18(2)29-32(25(23)28-22)20-8-5-4-6-9-20)30-14-16-31(17-15-30)35(33,34)21-12-10-19(26)11-13-21/h4-6,8-13H,3,7,14-17H2,1-2H3. The Bertz CT molecular complexity index is 1450. The van der Waals surface area contributed by atoms with Gasteiger partial charge in [0.05, 0.1) is 21.7 Å². The fraction of sp³-hybridized carbons (Fsp3) is 0.320. The van der Waals surface area contributed by atoms with E-state index in [0.717, 1.165) is 51.4 Å². The molecule has 0 atom stereocenters. The van der Waals surface area contributed by atoms with Crippen molar-refractivity contribution in [3.8, 4) is 5.69 Å². The molecule has 5 rings (SSSR count). The Hall–Kier alpha value is -2.82. The van der Waals surface area contributed by atoms with E-state index in [2.05, 4.69) is 27.8 Å². The highest BCUT2D eigenvalue weighted by Gasteiger charge is 2.30. The molecule has 3 heterocycles. The Labute approximate surface area is 213 Å². The third-order valence-corrected chi connectivity index (χ3v) is 8.64. The van der Waals surface area contributed by atoms with E-state index in [4.69, 9.17) is 15.1 Å². The van der Waals surface area contributed by atoms with Gasteiger partial charge in [-0.05, 0) is 49.7 Å². The first-order valence-electron chi connectivity index (χ1n) is 11.7. The van der Waals surface area contributed by atoms with E-state index in [1.54, 1.807) is 28.6 Å². The summed E-state index contributed by atoms with van der Waals surface area (Å²) >= 11 is 3.37. The summed E-state index contributed by atoms with van der Waals surface area (Å²) in [6.45, 7) is 5.95. The summed E-state index contributed by atoms with van der Waals surface area (Å²) in [5.41, 5.74) is 2.59. The quantitative estimate of drug-likeness (QED) is 0.352. The maximum atomic E-state index is 13.2. The van der Waals surface area contributed by atoms with Crippen molar-refractivity contribution >= 4 is 42.8 Å². The van der Waals surface area contributed by atoms with Gasteiger partial charge in [0.1, 0.15) is 11.6 Å². The summed E-state index contributed by atoms with van der Waals surface area (Å²) in [5, 5.41) is 5.71. The summed E-state index contributed by atoms with van der Waals surface area (Å²) in [6, 6.07) is 16.8. The second-order valence-electron chi connectivity index (χ2n) is 8.59. The van der Waals surface area contributed by atoms with Gasteiger partial charge in [0, 0.05) is 37.1 Å². The minimum atomic E-state index is -3.55. The van der Waals surface area contributed by atoms with E-state index < -0.39 is 10.0 Å². The molecule has 10 heteroatoms. The minimum Gasteiger partial charge on any atom is -0.353 e. The Morgan fingerprint density at radius 2 is 1.63 bits per heavy atom. The van der Waals surface area contributed by atoms with E-state index in [9.17, 15) is 8.42 Å². The lowest BCUT2D eigenvalue weighted by molar-refractivity contribution is 0.384. The third-order valence-electron chi connectivity index (χ3n) is 6.19. The highest BCUT2D eigenvalue weighted by atomic mass is 79.9. The first kappa shape index (κ1) is 23.9. The van der Waals surface area contributed by atoms with Crippen LogP contribution in [0.1, 0.15) is 24.9 Å². The molecule has 8 nitrogen and oxygen atoms in total. The van der Waals surface area contributed by atoms with Gasteiger partial charge in [-0.1, -0.05) is 41.1 Å². The molecule has 2 aromatic carbocycles. The largest absolute Gasteiger partial charge is 0.353 e. The van der Waals surface area contributed by atoms with Crippen LogP contribution in [0.25, 0.3) is 16.7 Å². The number of para-hydroxylation sites is 1. The fourth-order valence-corrected chi connectivity index (χ4v) is 6.10. The molecule has 0 N–H and O–H groups in total. The number of halogens is 1. The molecule has 1 saturated heterocycles. The summed E-state index contributed by atoms with van der Waals surface area (Å²) in [6.07, 6.45) is 1.70. The van der Waals surface area contributed by atoms with E-state index in [0.29, 0.717) is 31.1 Å². The molecule has 4 aromatic rings. The Balaban J connectivity index is 1.48. The number of aromatic nitrogens is 4. The van der Waals surface area contributed by atoms with Crippen molar-refractivity contribution in [3.05, 3.63) is 70.6 Å². The van der Waals surface area contributed by atoms with Gasteiger partial charge in [-0.15, -0.1) is 0 Å². The van der Waals surface area contributed by atoms with Crippen molar-refractivity contribution in [2.45, 2.75) is 31.6 Å². The van der Waals surface area contributed by atoms with Crippen LogP contribution < -0.4 is 4.90 Å². The molecule has 0 bridgehead atoms. The minimum absolute atomic E-state index is 0.309. The van der Waals surface area contributed by atoms with E-state index >= 15 is 0 Å². The number of fused-ring (bicyclic) bond motifs is 1. The summed E-state index contributed by atoms with van der Waals surface area (Å²) in [4.78, 5) is 12.3. The zero-order valence-corrected chi connectivity index (χ0v) is 22.1. The molecule has 0 spiro atoms. The lowest BCUT2D eigenvalue weighted by atomic mass is 10.2. The molecule has 182 valence electrons. The summed E-state index contributed by atoms with van der Waals surface area (Å²) in [5.74, 6) is 1.61. The molecule has 0 saturated carbocycles. The lowest BCUT2D eigenvalue weighted by Gasteiger charge is -2.35. The average molecular weight is 556 g/mol. The zero-order chi connectivity index (χ0) is 24.6. The van der Waals surface area contributed by atoms with Gasteiger partial charge < -0.3 is 4.90 Å². The molecule has 0 unspecified atom stereocenters. The van der Waals surface area contributed by atoms with E-state index in [1.165, 1.54) is 0 Å². The monoisotopic (exact) mass is 554 g/mol. The van der Waals surface area contributed by atoms with Crippen molar-refractivity contribution < 1.29 is 8.42 Å². The van der Waals surface area contributed by atoms with Crippen molar-refractivity contribution in [3.63, 3.8) is 0 Å². The molecule has 0 amide bonds. The second-order valence-corrected chi connectivity index (χ2v) is 11.4. The number of nitrogens with zero attached hydrogens (tertiary/aromatic N) is 6. The topological polar surface area (TPSA) is 84.2 Å². The lowest BCUT2D eigenvalue weighted by Crippen LogP contribution is -2.49. The predicted molar refractivity (Wildman–Crippen MR) is 141 cm³/mol. The molecule has 35 heavy (non-hydrogen) atoms. The maximum absolute atomic E-state index is 13.2. The van der Waals surface area contributed by atoms with E-state index in [1.807, 2.05) is 41.9 Å². The normalized spacial score (nSPS) is 15.1. The third kappa shape index (κ3) is 4.57. The summed E-state index contributed by atoms with van der Waals surface area (Å²) in [7, 11) is -3.55. The predicted octanol–water partition coefficient (Wildman–Crippen LogP) is 4.35. The summed E-state index contributed by atoms with van der Waals surface area (Å²) < 4.78 is 30.6. The Morgan fingerprint density at radius 1 is 0.943 bits per heavy atom. The van der Waals surface area contributed by atoms with Crippen molar-refractivity contribution in [2.75, 3.05) is 31.1 Å². The highest BCUT2D eigenvalue weighted by Crippen LogP contribution is 2.30. The molecule has 0 aliphatic carbocycles. The molecule has 2 aromatic heterocycles. The molecule has 0 radical (unpaired) electrons. The fourth-order valence-electron chi connectivity index (χ4n) is 4.41. The van der Waals surface area contributed by atoms with Crippen LogP contribution in [0.4, 0.5) is 5.82 Å². The number of rotatable bonds is 6. The van der Waals surface area contributed by atoms with Gasteiger partial charge in [-0.25, -0.2) is 23.1 Å². The number of aryl methyl sites for hydroxylation is 2. The molecule has 1 fully saturated rings. The number of anilines is 1. The molecular formula is C25H27BrN6O2S. The Kier molecular flexibility index (Phi) is 6.61. The first-order chi connectivity index (χ1) is 16.9. The average Bonchev–Trinajstić information content (AvgIpc) is 3.21. The number of sulfonamides is 1. The van der Waals surface area contributed by atoms with Gasteiger partial charge in [0.2, 0.25) is 10.0 Å². The van der Waals surface area contributed by atoms with Crippen LogP contribution in [0, 0.1) is 6.92 Å². The van der Waals surface area contributed by atoms with Crippen LogP contribution in [0.15, 0.2) is 64.0 Å². The number of hydrogen-bond donors (Lipinski definition) is 0. The van der Waals surface area contributed by atoms with Crippen LogP contribution in [0.5, 0.6) is 0 Å². The molecule has 1 aliphatic heterocycles. The number of piperazine rings is 1. The number of hydrogen-bond acceptors (Lipinski definition) is 6. The molecule has 1 aliphatic rings. The van der Waals surface area contributed by atoms with Gasteiger partial charge in [0.25, 0.3) is 0 Å². The van der Waals surface area contributed by atoms with Crippen LogP contribution in [-0.2, 0) is 16.4 Å². The van der Waals surface area contributed by atoms with Crippen LogP contribution >= 0.6 is 15.9 Å². The van der Waals surface area contributed by atoms with Crippen LogP contribution in [-0.4, -0.2) is 58.7 Å². The Morgan fingerprint density at radius 3 is 2.29 bits per heavy atom. The van der Waals surface area contributed by atoms with Crippen molar-refractivity contribution in [2.24, 2.45) is 0 Å². The first-order valence-corrected chi connectivity index (χ1v) is 13.9. The van der Waals surface area contributed by atoms with Gasteiger partial charge in [0.15, 0.2) is 5.65 Å². The van der Waals surface area contributed by atoms with E-state index in [-0.39, 0.29) is 0 Å². The van der Waals surface area contributed by atoms with Gasteiger partial charge in [-0.2, -0.15) is 9.40 Å². The van der Waals surface area contributed by atoms with Crippen molar-refractivity contribution in [1.29, 1.82) is 0 Å². The highest BCUT2D eigenvalue weighted by molar-refractivity contribution is 9.10. The SMILES string of the molecule is CCCc1nc(N2CCN(S(=O)(=O)c3ccc(Br)cc3)CC2)c2c(C)nn(-c3ccccc3)c2n1. The van der Waals surface area contributed by atoms with Gasteiger partial charge in [-0.3, -0.25) is 0 Å².